The van der Waals surface area contributed by atoms with Crippen molar-refractivity contribution in [2.75, 3.05) is 7.11 Å². The van der Waals surface area contributed by atoms with Crippen molar-refractivity contribution in [3.8, 4) is 11.8 Å². The summed E-state index contributed by atoms with van der Waals surface area (Å²) in [6.45, 7) is 5.34. The van der Waals surface area contributed by atoms with E-state index >= 15 is 0 Å². The number of ether oxygens (including phenoxy) is 2. The van der Waals surface area contributed by atoms with Gasteiger partial charge < -0.3 is 15.2 Å². The van der Waals surface area contributed by atoms with Crippen LogP contribution in [-0.4, -0.2) is 29.3 Å². The van der Waals surface area contributed by atoms with Gasteiger partial charge in [0.2, 0.25) is 0 Å². The fourth-order valence-corrected chi connectivity index (χ4v) is 3.92. The first-order valence-corrected chi connectivity index (χ1v) is 9.20. The zero-order chi connectivity index (χ0) is 19.7. The van der Waals surface area contributed by atoms with Gasteiger partial charge in [0.1, 0.15) is 22.5 Å². The van der Waals surface area contributed by atoms with Gasteiger partial charge in [0.25, 0.3) is 0 Å². The number of thioether (sulfide) groups is 1. The number of aliphatic imine (C=N–C) groups is 1. The number of nitriles is 1. The molecule has 0 spiro atoms. The van der Waals surface area contributed by atoms with Crippen LogP contribution in [0.25, 0.3) is 0 Å². The number of nitrogens with zero attached hydrogens (tertiary/aromatic N) is 3. The maximum atomic E-state index is 12.9. The van der Waals surface area contributed by atoms with Crippen LogP contribution >= 0.6 is 11.8 Å². The van der Waals surface area contributed by atoms with E-state index in [1.807, 2.05) is 24.3 Å². The summed E-state index contributed by atoms with van der Waals surface area (Å²) in [4.78, 5) is 19.4. The maximum absolute atomic E-state index is 12.9. The zero-order valence-electron chi connectivity index (χ0n) is 15.5. The summed E-state index contributed by atoms with van der Waals surface area (Å²) in [6, 6.07) is 8.92. The minimum atomic E-state index is -0.558. The average Bonchev–Trinajstić information content (AvgIpc) is 2.95. The number of fused-ring (bicyclic) bond motifs is 1. The number of nitrogens with two attached hydrogens (primary N) is 1. The first kappa shape index (κ1) is 18.9. The number of hydrogen-bond donors (Lipinski definition) is 1. The van der Waals surface area contributed by atoms with Crippen LogP contribution in [0.4, 0.5) is 0 Å². The van der Waals surface area contributed by atoms with Crippen LogP contribution in [0, 0.1) is 11.3 Å². The highest BCUT2D eigenvalue weighted by atomic mass is 32.2. The average molecular weight is 384 g/mol. The highest BCUT2D eigenvalue weighted by Gasteiger charge is 2.42. The van der Waals surface area contributed by atoms with E-state index in [1.54, 1.807) is 32.8 Å². The van der Waals surface area contributed by atoms with Crippen LogP contribution in [0.1, 0.15) is 32.4 Å². The third-order valence-corrected chi connectivity index (χ3v) is 5.13. The van der Waals surface area contributed by atoms with Crippen molar-refractivity contribution in [1.82, 2.24) is 4.90 Å². The lowest BCUT2D eigenvalue weighted by molar-refractivity contribution is -0.143. The van der Waals surface area contributed by atoms with E-state index in [0.717, 1.165) is 5.56 Å². The molecule has 1 aromatic rings. The fraction of sp³-hybridized carbons (Fsp3) is 0.316. The van der Waals surface area contributed by atoms with Crippen LogP contribution in [0.5, 0.6) is 5.75 Å². The summed E-state index contributed by atoms with van der Waals surface area (Å²) in [5.41, 5.74) is 7.95. The van der Waals surface area contributed by atoms with E-state index in [0.29, 0.717) is 27.1 Å². The largest absolute Gasteiger partial charge is 0.497 e. The third kappa shape index (κ3) is 3.38. The lowest BCUT2D eigenvalue weighted by atomic mass is 9.94. The topological polar surface area (TPSA) is 101 Å². The molecule has 1 aromatic carbocycles. The minimum absolute atomic E-state index is 0.273. The highest BCUT2D eigenvalue weighted by Crippen LogP contribution is 2.45. The Labute approximate surface area is 162 Å². The molecule has 2 heterocycles. The molecular weight excluding hydrogens is 364 g/mol. The van der Waals surface area contributed by atoms with Gasteiger partial charge in [-0.3, -0.25) is 4.90 Å². The van der Waals surface area contributed by atoms with E-state index in [1.165, 1.54) is 11.8 Å². The molecule has 0 radical (unpaired) electrons. The normalized spacial score (nSPS) is 19.0. The van der Waals surface area contributed by atoms with Crippen LogP contribution in [-0.2, 0) is 9.53 Å². The molecular formula is C19H20N4O3S. The molecule has 0 aromatic heterocycles. The smallest absolute Gasteiger partial charge is 0.338 e. The van der Waals surface area contributed by atoms with E-state index in [9.17, 15) is 10.1 Å². The lowest BCUT2D eigenvalue weighted by Gasteiger charge is -2.35. The second kappa shape index (κ2) is 7.37. The molecule has 0 aliphatic carbocycles. The molecule has 0 fully saturated rings. The van der Waals surface area contributed by atoms with Crippen molar-refractivity contribution in [2.24, 2.45) is 10.7 Å². The van der Waals surface area contributed by atoms with Gasteiger partial charge >= 0.3 is 5.97 Å². The summed E-state index contributed by atoms with van der Waals surface area (Å²) < 4.78 is 10.8. The van der Waals surface area contributed by atoms with E-state index in [4.69, 9.17) is 15.2 Å². The Morgan fingerprint density at radius 2 is 2.19 bits per heavy atom. The fourth-order valence-electron chi connectivity index (χ4n) is 3.01. The van der Waals surface area contributed by atoms with Crippen molar-refractivity contribution in [3.63, 3.8) is 0 Å². The Hall–Kier alpha value is -2.92. The maximum Gasteiger partial charge on any atom is 0.338 e. The van der Waals surface area contributed by atoms with Gasteiger partial charge in [0.15, 0.2) is 5.17 Å². The molecule has 0 saturated carbocycles. The summed E-state index contributed by atoms with van der Waals surface area (Å²) in [5, 5.41) is 9.93. The molecule has 27 heavy (non-hydrogen) atoms. The molecule has 2 N–H and O–H groups in total. The molecule has 3 rings (SSSR count). The first-order valence-electron chi connectivity index (χ1n) is 8.38. The Kier molecular flexibility index (Phi) is 5.15. The van der Waals surface area contributed by atoms with Crippen molar-refractivity contribution in [2.45, 2.75) is 32.9 Å². The molecule has 1 atom stereocenters. The van der Waals surface area contributed by atoms with E-state index in [-0.39, 0.29) is 11.9 Å². The van der Waals surface area contributed by atoms with Gasteiger partial charge in [-0.2, -0.15) is 5.26 Å². The molecule has 0 bridgehead atoms. The molecule has 140 valence electrons. The zero-order valence-corrected chi connectivity index (χ0v) is 16.3. The molecule has 1 unspecified atom stereocenters. The van der Waals surface area contributed by atoms with Gasteiger partial charge in [-0.05, 0) is 50.2 Å². The standard InChI is InChI=1S/C19H20N4O3S/c1-10(2)26-18(24)15-11(3)22-19-23(17(21)14(9-20)27-19)16(15)12-6-5-7-13(8-12)25-4/h5-8,10,16H,21H2,1-4H3. The summed E-state index contributed by atoms with van der Waals surface area (Å²) in [7, 11) is 1.58. The monoisotopic (exact) mass is 384 g/mol. The molecule has 0 amide bonds. The molecule has 2 aliphatic heterocycles. The van der Waals surface area contributed by atoms with Crippen LogP contribution < -0.4 is 10.5 Å². The number of esters is 1. The Bertz CT molecular complexity index is 927. The second-order valence-corrected chi connectivity index (χ2v) is 7.30. The first-order chi connectivity index (χ1) is 12.9. The number of carbonyl (C=O) groups is 1. The predicted molar refractivity (Wildman–Crippen MR) is 103 cm³/mol. The van der Waals surface area contributed by atoms with Crippen molar-refractivity contribution in [3.05, 3.63) is 51.8 Å². The van der Waals surface area contributed by atoms with Gasteiger partial charge in [0.05, 0.1) is 30.5 Å². The number of amidine groups is 1. The predicted octanol–water partition coefficient (Wildman–Crippen LogP) is 3.03. The van der Waals surface area contributed by atoms with Crippen molar-refractivity contribution in [1.29, 1.82) is 5.26 Å². The van der Waals surface area contributed by atoms with Gasteiger partial charge in [-0.25, -0.2) is 9.79 Å². The van der Waals surface area contributed by atoms with Gasteiger partial charge in [0, 0.05) is 0 Å². The third-order valence-electron chi connectivity index (χ3n) is 4.15. The molecule has 8 heteroatoms. The van der Waals surface area contributed by atoms with Crippen molar-refractivity contribution >= 4 is 22.9 Å². The van der Waals surface area contributed by atoms with Crippen LogP contribution in [0.2, 0.25) is 0 Å². The molecule has 2 aliphatic rings. The van der Waals surface area contributed by atoms with E-state index < -0.39 is 12.0 Å². The number of hydrogen-bond acceptors (Lipinski definition) is 8. The molecule has 0 saturated heterocycles. The van der Waals surface area contributed by atoms with Crippen LogP contribution in [0.3, 0.4) is 0 Å². The van der Waals surface area contributed by atoms with E-state index in [2.05, 4.69) is 11.1 Å². The Morgan fingerprint density at radius 3 is 2.81 bits per heavy atom. The summed E-state index contributed by atoms with van der Waals surface area (Å²) in [6.07, 6.45) is -0.273. The second-order valence-electron chi connectivity index (χ2n) is 6.32. The molecule has 7 nitrogen and oxygen atoms in total. The SMILES string of the molecule is COc1cccc(C2C(C(=O)OC(C)C)=C(C)N=C3SC(C#N)=C(N)N32)c1. The minimum Gasteiger partial charge on any atom is -0.497 e. The Balaban J connectivity index is 2.18. The van der Waals surface area contributed by atoms with Gasteiger partial charge in [-0.15, -0.1) is 0 Å². The number of carbonyl (C=O) groups excluding carboxylic acids is 1. The van der Waals surface area contributed by atoms with Gasteiger partial charge in [-0.1, -0.05) is 12.1 Å². The Morgan fingerprint density at radius 1 is 1.44 bits per heavy atom. The van der Waals surface area contributed by atoms with Crippen molar-refractivity contribution < 1.29 is 14.3 Å². The number of rotatable bonds is 4. The lowest BCUT2D eigenvalue weighted by Crippen LogP contribution is -2.39. The number of methoxy groups -OCH3 is 1. The number of allylic oxidation sites excluding steroid dienone is 2. The van der Waals surface area contributed by atoms with Crippen LogP contribution in [0.15, 0.2) is 51.3 Å². The number of benzene rings is 1. The quantitative estimate of drug-likeness (QED) is 0.796. The summed E-state index contributed by atoms with van der Waals surface area (Å²) in [5.74, 6) is 0.471. The summed E-state index contributed by atoms with van der Waals surface area (Å²) >= 11 is 1.19. The highest BCUT2D eigenvalue weighted by molar-refractivity contribution is 8.17.